The van der Waals surface area contributed by atoms with Crippen LogP contribution in [0, 0.1) is 0 Å². The molecule has 0 aliphatic carbocycles. The molecule has 1 heterocycles. The summed E-state index contributed by atoms with van der Waals surface area (Å²) in [6, 6.07) is 10.8. The van der Waals surface area contributed by atoms with E-state index in [4.69, 9.17) is 5.73 Å². The Labute approximate surface area is 122 Å². The molecule has 0 saturated carbocycles. The fourth-order valence-electron chi connectivity index (χ4n) is 2.32. The summed E-state index contributed by atoms with van der Waals surface area (Å²) in [5.41, 5.74) is 7.15. The predicted molar refractivity (Wildman–Crippen MR) is 85.8 cm³/mol. The van der Waals surface area contributed by atoms with Crippen molar-refractivity contribution in [2.45, 2.75) is 44.6 Å². The zero-order valence-electron chi connectivity index (χ0n) is 11.3. The number of hydrogen-bond donors (Lipinski definition) is 1. The first-order valence-electron chi connectivity index (χ1n) is 6.88. The Morgan fingerprint density at radius 1 is 1.16 bits per heavy atom. The Morgan fingerprint density at radius 2 is 1.95 bits per heavy atom. The Kier molecular flexibility index (Phi) is 7.27. The number of nitrogens with two attached hydrogens (primary N) is 1. The van der Waals surface area contributed by atoms with E-state index in [0.717, 1.165) is 18.7 Å². The lowest BCUT2D eigenvalue weighted by molar-refractivity contribution is 0.545. The minimum absolute atomic E-state index is 0. The highest BCUT2D eigenvalue weighted by atomic mass is 35.5. The summed E-state index contributed by atoms with van der Waals surface area (Å²) in [4.78, 5) is 4.61. The molecule has 1 aromatic rings. The Bertz CT molecular complexity index is 412. The molecule has 1 aliphatic rings. The standard InChI is InChI=1S/C16H22N2.ClH/c17-16-13-6-2-5-11-15(18-16)12-7-10-14-8-3-1-4-9-14;/h1,3-4,7-10,15H,2,5-6,11-13H2,(H2,17,18);1H. The van der Waals surface area contributed by atoms with Crippen molar-refractivity contribution >= 4 is 24.3 Å². The van der Waals surface area contributed by atoms with Gasteiger partial charge in [0.25, 0.3) is 0 Å². The molecule has 0 aromatic heterocycles. The maximum Gasteiger partial charge on any atom is 0.0940 e. The van der Waals surface area contributed by atoms with Crippen molar-refractivity contribution < 1.29 is 0 Å². The van der Waals surface area contributed by atoms with Crippen molar-refractivity contribution in [2.75, 3.05) is 0 Å². The lowest BCUT2D eigenvalue weighted by Gasteiger charge is -2.15. The molecule has 3 heteroatoms. The normalized spacial score (nSPS) is 20.2. The molecule has 2 rings (SSSR count). The lowest BCUT2D eigenvalue weighted by Crippen LogP contribution is -2.18. The van der Waals surface area contributed by atoms with Gasteiger partial charge in [0.2, 0.25) is 0 Å². The number of amidine groups is 1. The molecule has 0 amide bonds. The first kappa shape index (κ1) is 15.8. The first-order chi connectivity index (χ1) is 8.84. The van der Waals surface area contributed by atoms with Crippen LogP contribution in [0.3, 0.4) is 0 Å². The molecule has 2 N–H and O–H groups in total. The summed E-state index contributed by atoms with van der Waals surface area (Å²) in [5, 5.41) is 0. The maximum absolute atomic E-state index is 5.90. The zero-order chi connectivity index (χ0) is 12.6. The molecule has 0 radical (unpaired) electrons. The fourth-order valence-corrected chi connectivity index (χ4v) is 2.32. The van der Waals surface area contributed by atoms with E-state index in [1.807, 2.05) is 6.07 Å². The molecule has 0 saturated heterocycles. The van der Waals surface area contributed by atoms with E-state index in [2.05, 4.69) is 41.4 Å². The van der Waals surface area contributed by atoms with Crippen molar-refractivity contribution in [3.63, 3.8) is 0 Å². The largest absolute Gasteiger partial charge is 0.387 e. The Hall–Kier alpha value is -1.28. The number of hydrogen-bond acceptors (Lipinski definition) is 2. The van der Waals surface area contributed by atoms with E-state index in [1.54, 1.807) is 0 Å². The highest BCUT2D eigenvalue weighted by molar-refractivity contribution is 5.85. The van der Waals surface area contributed by atoms with Crippen molar-refractivity contribution in [3.05, 3.63) is 42.0 Å². The molecule has 0 spiro atoms. The van der Waals surface area contributed by atoms with E-state index < -0.39 is 0 Å². The van der Waals surface area contributed by atoms with E-state index >= 15 is 0 Å². The molecule has 1 aromatic carbocycles. The number of aliphatic imine (C=N–C) groups is 1. The Balaban J connectivity index is 0.00000180. The van der Waals surface area contributed by atoms with E-state index in [1.165, 1.54) is 31.2 Å². The molecular formula is C16H23ClN2. The number of halogens is 1. The molecule has 19 heavy (non-hydrogen) atoms. The molecule has 0 bridgehead atoms. The van der Waals surface area contributed by atoms with Gasteiger partial charge < -0.3 is 5.73 Å². The van der Waals surface area contributed by atoms with Crippen LogP contribution in [0.5, 0.6) is 0 Å². The lowest BCUT2D eigenvalue weighted by atomic mass is 10.0. The maximum atomic E-state index is 5.90. The summed E-state index contributed by atoms with van der Waals surface area (Å²) in [7, 11) is 0. The van der Waals surface area contributed by atoms with Gasteiger partial charge in [-0.3, -0.25) is 4.99 Å². The van der Waals surface area contributed by atoms with Crippen LogP contribution in [0.1, 0.15) is 44.1 Å². The van der Waals surface area contributed by atoms with Crippen molar-refractivity contribution in [1.29, 1.82) is 0 Å². The third kappa shape index (κ3) is 5.93. The SMILES string of the molecule is Cl.NC1=NC(CC=Cc2ccccc2)CCCCC1. The first-order valence-corrected chi connectivity index (χ1v) is 6.88. The third-order valence-corrected chi connectivity index (χ3v) is 3.34. The van der Waals surface area contributed by atoms with E-state index in [9.17, 15) is 0 Å². The van der Waals surface area contributed by atoms with Crippen molar-refractivity contribution in [2.24, 2.45) is 10.7 Å². The van der Waals surface area contributed by atoms with Gasteiger partial charge in [0.1, 0.15) is 0 Å². The summed E-state index contributed by atoms with van der Waals surface area (Å²) in [6.45, 7) is 0. The van der Waals surface area contributed by atoms with Gasteiger partial charge in [-0.25, -0.2) is 0 Å². The molecule has 1 atom stereocenters. The van der Waals surface area contributed by atoms with Gasteiger partial charge in [-0.2, -0.15) is 0 Å². The minimum Gasteiger partial charge on any atom is -0.387 e. The topological polar surface area (TPSA) is 38.4 Å². The van der Waals surface area contributed by atoms with Gasteiger partial charge in [0.05, 0.1) is 11.9 Å². The van der Waals surface area contributed by atoms with Crippen LogP contribution in [-0.4, -0.2) is 11.9 Å². The van der Waals surface area contributed by atoms with Crippen LogP contribution < -0.4 is 5.73 Å². The van der Waals surface area contributed by atoms with Gasteiger partial charge in [-0.15, -0.1) is 12.4 Å². The van der Waals surface area contributed by atoms with Gasteiger partial charge >= 0.3 is 0 Å². The second kappa shape index (κ2) is 8.76. The Morgan fingerprint density at radius 3 is 2.74 bits per heavy atom. The van der Waals surface area contributed by atoms with Gasteiger partial charge in [-0.1, -0.05) is 55.3 Å². The van der Waals surface area contributed by atoms with Crippen LogP contribution in [0.2, 0.25) is 0 Å². The van der Waals surface area contributed by atoms with Crippen LogP contribution in [0.25, 0.3) is 6.08 Å². The third-order valence-electron chi connectivity index (χ3n) is 3.34. The van der Waals surface area contributed by atoms with Crippen molar-refractivity contribution in [3.8, 4) is 0 Å². The molecular weight excluding hydrogens is 256 g/mol. The van der Waals surface area contributed by atoms with Crippen LogP contribution in [-0.2, 0) is 0 Å². The highest BCUT2D eigenvalue weighted by Crippen LogP contribution is 2.16. The smallest absolute Gasteiger partial charge is 0.0940 e. The highest BCUT2D eigenvalue weighted by Gasteiger charge is 2.09. The van der Waals surface area contributed by atoms with Gasteiger partial charge in [0.15, 0.2) is 0 Å². The summed E-state index contributed by atoms with van der Waals surface area (Å²) in [6.07, 6.45) is 11.3. The summed E-state index contributed by atoms with van der Waals surface area (Å²) < 4.78 is 0. The minimum atomic E-state index is 0. The molecule has 1 unspecified atom stereocenters. The average molecular weight is 279 g/mol. The van der Waals surface area contributed by atoms with Gasteiger partial charge in [0, 0.05) is 6.42 Å². The van der Waals surface area contributed by atoms with E-state index in [0.29, 0.717) is 6.04 Å². The quantitative estimate of drug-likeness (QED) is 0.884. The molecule has 104 valence electrons. The second-order valence-electron chi connectivity index (χ2n) is 4.92. The average Bonchev–Trinajstić information content (AvgIpc) is 2.36. The second-order valence-corrected chi connectivity index (χ2v) is 4.92. The molecule has 1 aliphatic heterocycles. The number of nitrogens with zero attached hydrogens (tertiary/aromatic N) is 1. The van der Waals surface area contributed by atoms with Crippen molar-refractivity contribution in [1.82, 2.24) is 0 Å². The molecule has 0 fully saturated rings. The zero-order valence-corrected chi connectivity index (χ0v) is 12.1. The summed E-state index contributed by atoms with van der Waals surface area (Å²) in [5.74, 6) is 0.841. The molecule has 2 nitrogen and oxygen atoms in total. The number of rotatable bonds is 3. The monoisotopic (exact) mass is 278 g/mol. The van der Waals surface area contributed by atoms with E-state index in [-0.39, 0.29) is 12.4 Å². The predicted octanol–water partition coefficient (Wildman–Crippen LogP) is 4.20. The van der Waals surface area contributed by atoms with Crippen LogP contribution in [0.15, 0.2) is 41.4 Å². The van der Waals surface area contributed by atoms with Crippen LogP contribution >= 0.6 is 12.4 Å². The van der Waals surface area contributed by atoms with Gasteiger partial charge in [-0.05, 0) is 24.8 Å². The summed E-state index contributed by atoms with van der Waals surface area (Å²) >= 11 is 0. The van der Waals surface area contributed by atoms with Crippen LogP contribution in [0.4, 0.5) is 0 Å². The number of benzene rings is 1. The fraction of sp³-hybridized carbons (Fsp3) is 0.438.